The van der Waals surface area contributed by atoms with E-state index in [-0.39, 0.29) is 30.7 Å². The summed E-state index contributed by atoms with van der Waals surface area (Å²) in [5, 5.41) is 10.6. The molecular formula is C21H21ClN4O4S. The van der Waals surface area contributed by atoms with Crippen LogP contribution < -0.4 is 16.0 Å². The van der Waals surface area contributed by atoms with Crippen LogP contribution in [0.4, 0.5) is 5.69 Å². The highest BCUT2D eigenvalue weighted by atomic mass is 35.5. The van der Waals surface area contributed by atoms with Crippen LogP contribution in [0.3, 0.4) is 0 Å². The molecule has 1 aromatic heterocycles. The minimum Gasteiger partial charge on any atom is -0.376 e. The van der Waals surface area contributed by atoms with Gasteiger partial charge in [0.25, 0.3) is 5.91 Å². The van der Waals surface area contributed by atoms with Crippen LogP contribution in [0.2, 0.25) is 5.02 Å². The summed E-state index contributed by atoms with van der Waals surface area (Å²) in [6.45, 7) is 2.60. The molecule has 3 N–H and O–H groups in total. The van der Waals surface area contributed by atoms with Gasteiger partial charge in [0.1, 0.15) is 6.04 Å². The summed E-state index contributed by atoms with van der Waals surface area (Å²) < 4.78 is 0. The van der Waals surface area contributed by atoms with E-state index >= 15 is 0 Å². The number of benzene rings is 1. The largest absolute Gasteiger partial charge is 0.376 e. The summed E-state index contributed by atoms with van der Waals surface area (Å²) in [7, 11) is 0. The van der Waals surface area contributed by atoms with Crippen molar-refractivity contribution in [2.24, 2.45) is 0 Å². The smallest absolute Gasteiger partial charge is 0.256 e. The molecule has 2 aromatic rings. The molecule has 2 aliphatic heterocycles. The molecule has 1 fully saturated rings. The van der Waals surface area contributed by atoms with Crippen LogP contribution in [-0.2, 0) is 27.5 Å². The first-order valence-electron chi connectivity index (χ1n) is 9.84. The Morgan fingerprint density at radius 2 is 2.13 bits per heavy atom. The monoisotopic (exact) mass is 460 g/mol. The number of piperidine rings is 1. The van der Waals surface area contributed by atoms with Crippen LogP contribution in [0.25, 0.3) is 0 Å². The molecule has 162 valence electrons. The molecule has 31 heavy (non-hydrogen) atoms. The van der Waals surface area contributed by atoms with Crippen molar-refractivity contribution in [3.63, 3.8) is 0 Å². The number of halogens is 1. The van der Waals surface area contributed by atoms with E-state index in [1.807, 2.05) is 19.1 Å². The summed E-state index contributed by atoms with van der Waals surface area (Å²) >= 11 is 7.51. The molecule has 1 unspecified atom stereocenters. The summed E-state index contributed by atoms with van der Waals surface area (Å²) in [5.41, 5.74) is 3.11. The van der Waals surface area contributed by atoms with Crippen LogP contribution >= 0.6 is 22.9 Å². The Morgan fingerprint density at radius 1 is 1.32 bits per heavy atom. The van der Waals surface area contributed by atoms with E-state index in [2.05, 4.69) is 16.0 Å². The Kier molecular flexibility index (Phi) is 5.97. The van der Waals surface area contributed by atoms with E-state index < -0.39 is 11.9 Å². The molecule has 1 saturated heterocycles. The maximum atomic E-state index is 12.7. The molecule has 2 aliphatic rings. The van der Waals surface area contributed by atoms with Crippen molar-refractivity contribution in [1.29, 1.82) is 0 Å². The fourth-order valence-electron chi connectivity index (χ4n) is 3.68. The van der Waals surface area contributed by atoms with Crippen molar-refractivity contribution in [3.05, 3.63) is 50.2 Å². The fourth-order valence-corrected chi connectivity index (χ4v) is 4.83. The predicted molar refractivity (Wildman–Crippen MR) is 117 cm³/mol. The van der Waals surface area contributed by atoms with E-state index in [4.69, 9.17) is 11.6 Å². The molecule has 4 rings (SSSR count). The maximum Gasteiger partial charge on any atom is 0.256 e. The zero-order chi connectivity index (χ0) is 22.1. The highest BCUT2D eigenvalue weighted by Crippen LogP contribution is 2.33. The third kappa shape index (κ3) is 4.42. The van der Waals surface area contributed by atoms with E-state index in [0.717, 1.165) is 21.7 Å². The molecule has 0 spiro atoms. The van der Waals surface area contributed by atoms with Crippen molar-refractivity contribution in [2.45, 2.75) is 38.9 Å². The van der Waals surface area contributed by atoms with Crippen LogP contribution in [0.15, 0.2) is 23.6 Å². The topological polar surface area (TPSA) is 108 Å². The number of carbonyl (C=O) groups is 4. The number of anilines is 1. The highest BCUT2D eigenvalue weighted by molar-refractivity contribution is 7.10. The third-order valence-electron chi connectivity index (χ3n) is 5.46. The molecular weight excluding hydrogens is 440 g/mol. The van der Waals surface area contributed by atoms with E-state index in [0.29, 0.717) is 30.1 Å². The van der Waals surface area contributed by atoms with Gasteiger partial charge in [-0.1, -0.05) is 17.7 Å². The second kappa shape index (κ2) is 8.68. The first-order chi connectivity index (χ1) is 14.8. The number of hydrogen-bond acceptors (Lipinski definition) is 6. The molecule has 0 aliphatic carbocycles. The van der Waals surface area contributed by atoms with Gasteiger partial charge in [0.2, 0.25) is 17.7 Å². The van der Waals surface area contributed by atoms with Crippen LogP contribution in [0.5, 0.6) is 0 Å². The second-order valence-electron chi connectivity index (χ2n) is 7.55. The lowest BCUT2D eigenvalue weighted by Gasteiger charge is -2.29. The van der Waals surface area contributed by atoms with Crippen molar-refractivity contribution in [1.82, 2.24) is 15.5 Å². The first kappa shape index (κ1) is 21.3. The maximum absolute atomic E-state index is 12.7. The molecule has 0 saturated carbocycles. The van der Waals surface area contributed by atoms with E-state index in [1.54, 1.807) is 11.4 Å². The summed E-state index contributed by atoms with van der Waals surface area (Å²) in [6.07, 6.45) is 0.542. The lowest BCUT2D eigenvalue weighted by molar-refractivity contribution is -0.137. The quantitative estimate of drug-likeness (QED) is 0.573. The SMILES string of the molecule is Cc1ccc(NCC(=O)NCc2scc3c2CN(C2CCC(=O)NC2=O)C3=O)cc1Cl. The zero-order valence-corrected chi connectivity index (χ0v) is 18.4. The number of aryl methyl sites for hydroxylation is 1. The molecule has 0 bridgehead atoms. The molecule has 3 heterocycles. The van der Waals surface area contributed by atoms with Gasteiger partial charge >= 0.3 is 0 Å². The van der Waals surface area contributed by atoms with Crippen molar-refractivity contribution in [3.8, 4) is 0 Å². The Balaban J connectivity index is 1.33. The minimum atomic E-state index is -0.643. The van der Waals surface area contributed by atoms with E-state index in [9.17, 15) is 19.2 Å². The summed E-state index contributed by atoms with van der Waals surface area (Å²) in [6, 6.07) is 4.86. The van der Waals surface area contributed by atoms with Gasteiger partial charge < -0.3 is 15.5 Å². The number of imide groups is 1. The number of thiophene rings is 1. The Bertz CT molecular complexity index is 1080. The Morgan fingerprint density at radius 3 is 2.87 bits per heavy atom. The van der Waals surface area contributed by atoms with Crippen molar-refractivity contribution < 1.29 is 19.2 Å². The lowest BCUT2D eigenvalue weighted by atomic mass is 10.0. The number of rotatable bonds is 6. The number of amides is 4. The average molecular weight is 461 g/mol. The minimum absolute atomic E-state index is 0.0916. The van der Waals surface area contributed by atoms with Gasteiger partial charge in [-0.05, 0) is 36.6 Å². The highest BCUT2D eigenvalue weighted by Gasteiger charge is 2.40. The zero-order valence-electron chi connectivity index (χ0n) is 16.8. The average Bonchev–Trinajstić information content (AvgIpc) is 3.27. The third-order valence-corrected chi connectivity index (χ3v) is 6.89. The molecule has 4 amide bonds. The normalized spacial score (nSPS) is 18.1. The van der Waals surface area contributed by atoms with Gasteiger partial charge in [-0.25, -0.2) is 0 Å². The standard InChI is InChI=1S/C21H21ClN4O4S/c1-11-2-3-12(6-15(11)22)23-8-19(28)24-7-17-13-9-26(21(30)14(13)10-31-17)16-4-5-18(27)25-20(16)29/h2-3,6,10,16,23H,4-5,7-9H2,1H3,(H,24,28)(H,25,27,29). The van der Waals surface area contributed by atoms with Crippen molar-refractivity contribution >= 4 is 52.3 Å². The number of fused-ring (bicyclic) bond motifs is 1. The van der Waals surface area contributed by atoms with Crippen LogP contribution in [0.1, 0.15) is 39.2 Å². The number of nitrogens with one attached hydrogen (secondary N) is 3. The fraction of sp³-hybridized carbons (Fsp3) is 0.333. The number of hydrogen-bond donors (Lipinski definition) is 3. The lowest BCUT2D eigenvalue weighted by Crippen LogP contribution is -2.52. The van der Waals surface area contributed by atoms with Gasteiger partial charge in [0.15, 0.2) is 0 Å². The summed E-state index contributed by atoms with van der Waals surface area (Å²) in [5.74, 6) is -1.15. The second-order valence-corrected chi connectivity index (χ2v) is 8.92. The van der Waals surface area contributed by atoms with Gasteiger partial charge in [-0.3, -0.25) is 24.5 Å². The van der Waals surface area contributed by atoms with Gasteiger partial charge in [-0.2, -0.15) is 0 Å². The molecule has 1 atom stereocenters. The van der Waals surface area contributed by atoms with E-state index in [1.165, 1.54) is 16.2 Å². The number of carbonyl (C=O) groups excluding carboxylic acids is 4. The Labute approximate surface area is 187 Å². The Hall–Kier alpha value is -2.91. The summed E-state index contributed by atoms with van der Waals surface area (Å²) in [4.78, 5) is 50.9. The molecule has 10 heteroatoms. The predicted octanol–water partition coefficient (Wildman–Crippen LogP) is 2.20. The van der Waals surface area contributed by atoms with Gasteiger partial charge in [0, 0.05) is 33.9 Å². The van der Waals surface area contributed by atoms with Gasteiger partial charge in [0.05, 0.1) is 18.7 Å². The van der Waals surface area contributed by atoms with Crippen molar-refractivity contribution in [2.75, 3.05) is 11.9 Å². The van der Waals surface area contributed by atoms with Gasteiger partial charge in [-0.15, -0.1) is 11.3 Å². The van der Waals surface area contributed by atoms with Crippen LogP contribution in [-0.4, -0.2) is 41.1 Å². The van der Waals surface area contributed by atoms with Crippen LogP contribution in [0, 0.1) is 6.92 Å². The molecule has 0 radical (unpaired) electrons. The number of nitrogens with zero attached hydrogens (tertiary/aromatic N) is 1. The first-order valence-corrected chi connectivity index (χ1v) is 11.1. The molecule has 8 nitrogen and oxygen atoms in total. The molecule has 1 aromatic carbocycles.